The molecule has 2 aromatic rings. The maximum atomic E-state index is 12.6. The molecule has 4 nitrogen and oxygen atoms in total. The Morgan fingerprint density at radius 3 is 2.96 bits per heavy atom. The van der Waals surface area contributed by atoms with Crippen molar-refractivity contribution in [1.82, 2.24) is 14.8 Å². The van der Waals surface area contributed by atoms with Gasteiger partial charge in [0.05, 0.1) is 0 Å². The van der Waals surface area contributed by atoms with Crippen LogP contribution in [0.25, 0.3) is 10.9 Å². The Labute approximate surface area is 143 Å². The molecule has 0 spiro atoms. The molecule has 1 amide bonds. The lowest BCUT2D eigenvalue weighted by Gasteiger charge is -2.44. The summed E-state index contributed by atoms with van der Waals surface area (Å²) in [6, 6.07) is 8.73. The number of carbonyl (C=O) groups is 1. The van der Waals surface area contributed by atoms with E-state index >= 15 is 0 Å². The van der Waals surface area contributed by atoms with Crippen LogP contribution in [0.15, 0.2) is 30.5 Å². The first-order valence-corrected chi connectivity index (χ1v) is 9.30. The molecular formula is C20H27N3O. The quantitative estimate of drug-likeness (QED) is 0.941. The SMILES string of the molecule is Cn1ccc2ccc(C(=O)NC[C@@H]3CCCN4CCCC[C@@H]34)cc21. The summed E-state index contributed by atoms with van der Waals surface area (Å²) >= 11 is 0. The van der Waals surface area contributed by atoms with Crippen LogP contribution in [0.3, 0.4) is 0 Å². The summed E-state index contributed by atoms with van der Waals surface area (Å²) in [6.45, 7) is 3.31. The lowest BCUT2D eigenvalue weighted by molar-refractivity contribution is 0.0575. The van der Waals surface area contributed by atoms with E-state index in [0.29, 0.717) is 12.0 Å². The van der Waals surface area contributed by atoms with Crippen LogP contribution in [-0.2, 0) is 7.05 Å². The summed E-state index contributed by atoms with van der Waals surface area (Å²) in [4.78, 5) is 15.2. The van der Waals surface area contributed by atoms with E-state index < -0.39 is 0 Å². The minimum atomic E-state index is 0.0611. The first-order chi connectivity index (χ1) is 11.7. The third-order valence-electron chi connectivity index (χ3n) is 5.90. The summed E-state index contributed by atoms with van der Waals surface area (Å²) in [5, 5.41) is 4.38. The molecule has 0 unspecified atom stereocenters. The molecule has 2 aliphatic rings. The van der Waals surface area contributed by atoms with Crippen LogP contribution in [-0.4, -0.2) is 41.1 Å². The second-order valence-corrected chi connectivity index (χ2v) is 7.41. The highest BCUT2D eigenvalue weighted by Crippen LogP contribution is 2.30. The molecule has 1 aromatic carbocycles. The summed E-state index contributed by atoms with van der Waals surface area (Å²) in [7, 11) is 2.02. The summed E-state index contributed by atoms with van der Waals surface area (Å²) in [5.41, 5.74) is 1.87. The zero-order chi connectivity index (χ0) is 16.5. The number of carbonyl (C=O) groups excluding carboxylic acids is 1. The standard InChI is InChI=1S/C20H27N3O/c1-22-12-9-15-7-8-16(13-19(15)22)20(24)21-14-17-5-4-11-23-10-3-2-6-18(17)23/h7-9,12-13,17-18H,2-6,10-11,14H2,1H3,(H,21,24)/t17-,18-/m0/s1. The number of hydrogen-bond acceptors (Lipinski definition) is 2. The fourth-order valence-electron chi connectivity index (χ4n) is 4.54. The molecule has 2 atom stereocenters. The van der Waals surface area contributed by atoms with E-state index in [1.165, 1.54) is 50.6 Å². The van der Waals surface area contributed by atoms with Crippen LogP contribution in [0, 0.1) is 5.92 Å². The molecular weight excluding hydrogens is 298 g/mol. The van der Waals surface area contributed by atoms with E-state index in [0.717, 1.165) is 17.6 Å². The zero-order valence-corrected chi connectivity index (χ0v) is 14.5. The Morgan fingerprint density at radius 2 is 2.04 bits per heavy atom. The first kappa shape index (κ1) is 15.7. The molecule has 2 saturated heterocycles. The number of fused-ring (bicyclic) bond motifs is 2. The number of hydrogen-bond donors (Lipinski definition) is 1. The van der Waals surface area contributed by atoms with Crippen LogP contribution >= 0.6 is 0 Å². The van der Waals surface area contributed by atoms with Crippen molar-refractivity contribution in [3.8, 4) is 0 Å². The monoisotopic (exact) mass is 325 g/mol. The van der Waals surface area contributed by atoms with E-state index in [1.807, 2.05) is 31.4 Å². The molecule has 3 heterocycles. The van der Waals surface area contributed by atoms with Crippen molar-refractivity contribution in [2.75, 3.05) is 19.6 Å². The molecule has 4 rings (SSSR count). The van der Waals surface area contributed by atoms with Gasteiger partial charge in [0, 0.05) is 36.9 Å². The fraction of sp³-hybridized carbons (Fsp3) is 0.550. The molecule has 24 heavy (non-hydrogen) atoms. The average molecular weight is 325 g/mol. The Bertz CT molecular complexity index is 734. The number of nitrogens with one attached hydrogen (secondary N) is 1. The molecule has 2 fully saturated rings. The van der Waals surface area contributed by atoms with Gasteiger partial charge in [0.2, 0.25) is 0 Å². The maximum absolute atomic E-state index is 12.6. The highest BCUT2D eigenvalue weighted by atomic mass is 16.1. The molecule has 1 N–H and O–H groups in total. The number of aryl methyl sites for hydroxylation is 1. The Kier molecular flexibility index (Phi) is 4.31. The van der Waals surface area contributed by atoms with Crippen molar-refractivity contribution in [2.24, 2.45) is 13.0 Å². The third-order valence-corrected chi connectivity index (χ3v) is 5.90. The minimum absolute atomic E-state index is 0.0611. The molecule has 1 aromatic heterocycles. The Hall–Kier alpha value is -1.81. The third kappa shape index (κ3) is 2.95. The topological polar surface area (TPSA) is 37.3 Å². The lowest BCUT2D eigenvalue weighted by Crippen LogP contribution is -2.51. The van der Waals surface area contributed by atoms with Gasteiger partial charge in [0.1, 0.15) is 0 Å². The second kappa shape index (κ2) is 6.60. The number of aromatic nitrogens is 1. The minimum Gasteiger partial charge on any atom is -0.352 e. The molecule has 0 radical (unpaired) electrons. The van der Waals surface area contributed by atoms with E-state index in [1.54, 1.807) is 0 Å². The van der Waals surface area contributed by atoms with Crippen LogP contribution in [0.2, 0.25) is 0 Å². The summed E-state index contributed by atoms with van der Waals surface area (Å²) in [5.74, 6) is 0.674. The lowest BCUT2D eigenvalue weighted by atomic mass is 9.83. The van der Waals surface area contributed by atoms with Crippen LogP contribution in [0.5, 0.6) is 0 Å². The molecule has 0 saturated carbocycles. The Balaban J connectivity index is 1.42. The van der Waals surface area contributed by atoms with Gasteiger partial charge in [-0.2, -0.15) is 0 Å². The second-order valence-electron chi connectivity index (χ2n) is 7.41. The summed E-state index contributed by atoms with van der Waals surface area (Å²) in [6.07, 6.45) is 8.54. The average Bonchev–Trinajstić information content (AvgIpc) is 3.00. The zero-order valence-electron chi connectivity index (χ0n) is 14.5. The van der Waals surface area contributed by atoms with Crippen molar-refractivity contribution >= 4 is 16.8 Å². The van der Waals surface area contributed by atoms with Crippen molar-refractivity contribution in [3.05, 3.63) is 36.0 Å². The van der Waals surface area contributed by atoms with Gasteiger partial charge < -0.3 is 14.8 Å². The summed E-state index contributed by atoms with van der Waals surface area (Å²) < 4.78 is 2.06. The van der Waals surface area contributed by atoms with Crippen molar-refractivity contribution < 1.29 is 4.79 Å². The normalized spacial score (nSPS) is 24.7. The van der Waals surface area contributed by atoms with Gasteiger partial charge >= 0.3 is 0 Å². The highest BCUT2D eigenvalue weighted by Gasteiger charge is 2.32. The van der Waals surface area contributed by atoms with Gasteiger partial charge in [0.15, 0.2) is 0 Å². The molecule has 128 valence electrons. The van der Waals surface area contributed by atoms with Crippen LogP contribution in [0.1, 0.15) is 42.5 Å². The number of benzene rings is 1. The van der Waals surface area contributed by atoms with Crippen LogP contribution in [0.4, 0.5) is 0 Å². The van der Waals surface area contributed by atoms with Crippen molar-refractivity contribution in [2.45, 2.75) is 38.1 Å². The molecule has 0 bridgehead atoms. The Morgan fingerprint density at radius 1 is 1.17 bits per heavy atom. The molecule has 2 aliphatic heterocycles. The predicted molar refractivity (Wildman–Crippen MR) is 97.2 cm³/mol. The van der Waals surface area contributed by atoms with Gasteiger partial charge in [-0.15, -0.1) is 0 Å². The van der Waals surface area contributed by atoms with Gasteiger partial charge in [-0.1, -0.05) is 12.5 Å². The van der Waals surface area contributed by atoms with E-state index in [-0.39, 0.29) is 5.91 Å². The number of nitrogens with zero attached hydrogens (tertiary/aromatic N) is 2. The van der Waals surface area contributed by atoms with Crippen molar-refractivity contribution in [1.29, 1.82) is 0 Å². The number of piperidine rings is 2. The van der Waals surface area contributed by atoms with E-state index in [2.05, 4.69) is 20.9 Å². The molecule has 0 aliphatic carbocycles. The van der Waals surface area contributed by atoms with Gasteiger partial charge in [-0.05, 0) is 68.3 Å². The van der Waals surface area contributed by atoms with E-state index in [9.17, 15) is 4.79 Å². The van der Waals surface area contributed by atoms with Gasteiger partial charge in [-0.3, -0.25) is 4.79 Å². The van der Waals surface area contributed by atoms with Crippen molar-refractivity contribution in [3.63, 3.8) is 0 Å². The smallest absolute Gasteiger partial charge is 0.251 e. The van der Waals surface area contributed by atoms with E-state index in [4.69, 9.17) is 0 Å². The number of amides is 1. The first-order valence-electron chi connectivity index (χ1n) is 9.30. The largest absolute Gasteiger partial charge is 0.352 e. The predicted octanol–water partition coefficient (Wildman–Crippen LogP) is 3.17. The number of rotatable bonds is 3. The van der Waals surface area contributed by atoms with Crippen LogP contribution < -0.4 is 5.32 Å². The maximum Gasteiger partial charge on any atom is 0.251 e. The van der Waals surface area contributed by atoms with Gasteiger partial charge in [0.25, 0.3) is 5.91 Å². The van der Waals surface area contributed by atoms with Gasteiger partial charge in [-0.25, -0.2) is 0 Å². The molecule has 4 heteroatoms. The highest BCUT2D eigenvalue weighted by molar-refractivity contribution is 5.98. The fourth-order valence-corrected chi connectivity index (χ4v) is 4.54.